The average Bonchev–Trinajstić information content (AvgIpc) is 2.29. The first kappa shape index (κ1) is 11.9. The minimum atomic E-state index is -0.104. The first-order valence-electron chi connectivity index (χ1n) is 5.23. The van der Waals surface area contributed by atoms with Crippen LogP contribution in [0.3, 0.4) is 0 Å². The Labute approximate surface area is 109 Å². The SMILES string of the molecule is Nc1cc(I)ccc1N1CCOC(CO)C1. The van der Waals surface area contributed by atoms with E-state index in [0.29, 0.717) is 13.2 Å². The smallest absolute Gasteiger partial charge is 0.0980 e. The highest BCUT2D eigenvalue weighted by Crippen LogP contribution is 2.26. The molecular weight excluding hydrogens is 319 g/mol. The van der Waals surface area contributed by atoms with Gasteiger partial charge < -0.3 is 20.5 Å². The van der Waals surface area contributed by atoms with Crippen molar-refractivity contribution < 1.29 is 9.84 Å². The summed E-state index contributed by atoms with van der Waals surface area (Å²) in [5, 5.41) is 9.09. The molecule has 0 aromatic heterocycles. The van der Waals surface area contributed by atoms with Gasteiger partial charge in [0, 0.05) is 16.7 Å². The molecule has 1 aromatic carbocycles. The molecule has 1 aromatic rings. The molecule has 88 valence electrons. The Morgan fingerprint density at radius 3 is 3.06 bits per heavy atom. The van der Waals surface area contributed by atoms with Gasteiger partial charge in [-0.1, -0.05) is 0 Å². The van der Waals surface area contributed by atoms with E-state index in [4.69, 9.17) is 15.6 Å². The number of ether oxygens (including phenoxy) is 1. The number of nitrogen functional groups attached to an aromatic ring is 1. The standard InChI is InChI=1S/C11H15IN2O2/c12-8-1-2-11(10(13)5-8)14-3-4-16-9(6-14)7-15/h1-2,5,9,15H,3-4,6-7,13H2. The molecule has 16 heavy (non-hydrogen) atoms. The molecule has 1 fully saturated rings. The molecule has 1 aliphatic rings. The van der Waals surface area contributed by atoms with E-state index >= 15 is 0 Å². The van der Waals surface area contributed by atoms with Crippen LogP contribution in [0.25, 0.3) is 0 Å². The fourth-order valence-corrected chi connectivity index (χ4v) is 2.38. The third-order valence-electron chi connectivity index (χ3n) is 2.67. The van der Waals surface area contributed by atoms with Crippen molar-refractivity contribution in [2.45, 2.75) is 6.10 Å². The van der Waals surface area contributed by atoms with Gasteiger partial charge in [0.2, 0.25) is 0 Å². The fraction of sp³-hybridized carbons (Fsp3) is 0.455. The predicted octanol–water partition coefficient (Wildman–Crippen LogP) is 1.07. The van der Waals surface area contributed by atoms with Crippen LogP contribution in [0.4, 0.5) is 11.4 Å². The van der Waals surface area contributed by atoms with Crippen LogP contribution in [0.1, 0.15) is 0 Å². The van der Waals surface area contributed by atoms with E-state index in [9.17, 15) is 0 Å². The molecule has 0 aliphatic carbocycles. The van der Waals surface area contributed by atoms with Crippen LogP contribution in [0.15, 0.2) is 18.2 Å². The number of anilines is 2. The molecule has 1 atom stereocenters. The van der Waals surface area contributed by atoms with Gasteiger partial charge in [0.1, 0.15) is 0 Å². The van der Waals surface area contributed by atoms with Gasteiger partial charge in [-0.2, -0.15) is 0 Å². The summed E-state index contributed by atoms with van der Waals surface area (Å²) < 4.78 is 6.54. The molecule has 0 spiro atoms. The average molecular weight is 334 g/mol. The Bertz CT molecular complexity index is 373. The van der Waals surface area contributed by atoms with Crippen molar-refractivity contribution in [3.63, 3.8) is 0 Å². The monoisotopic (exact) mass is 334 g/mol. The van der Waals surface area contributed by atoms with Crippen molar-refractivity contribution in [1.82, 2.24) is 0 Å². The Morgan fingerprint density at radius 1 is 1.56 bits per heavy atom. The summed E-state index contributed by atoms with van der Waals surface area (Å²) >= 11 is 2.24. The van der Waals surface area contributed by atoms with Crippen LogP contribution in [-0.4, -0.2) is 37.5 Å². The quantitative estimate of drug-likeness (QED) is 0.628. The zero-order valence-electron chi connectivity index (χ0n) is 8.90. The molecular formula is C11H15IN2O2. The van der Waals surface area contributed by atoms with Gasteiger partial charge in [0.25, 0.3) is 0 Å². The number of nitrogens with two attached hydrogens (primary N) is 1. The fourth-order valence-electron chi connectivity index (χ4n) is 1.86. The van der Waals surface area contributed by atoms with E-state index in [2.05, 4.69) is 27.5 Å². The second kappa shape index (κ2) is 5.20. The number of halogens is 1. The summed E-state index contributed by atoms with van der Waals surface area (Å²) in [7, 11) is 0. The molecule has 0 radical (unpaired) electrons. The Morgan fingerprint density at radius 2 is 2.38 bits per heavy atom. The van der Waals surface area contributed by atoms with Crippen molar-refractivity contribution in [3.05, 3.63) is 21.8 Å². The van der Waals surface area contributed by atoms with Crippen LogP contribution >= 0.6 is 22.6 Å². The molecule has 0 saturated carbocycles. The number of aliphatic hydroxyl groups is 1. The molecule has 1 unspecified atom stereocenters. The van der Waals surface area contributed by atoms with E-state index in [-0.39, 0.29) is 12.7 Å². The molecule has 0 amide bonds. The number of morpholine rings is 1. The Kier molecular flexibility index (Phi) is 3.88. The lowest BCUT2D eigenvalue weighted by molar-refractivity contribution is 0.00360. The number of hydrogen-bond donors (Lipinski definition) is 2. The number of aliphatic hydroxyl groups excluding tert-OH is 1. The number of nitrogens with zero attached hydrogens (tertiary/aromatic N) is 1. The van der Waals surface area contributed by atoms with E-state index in [1.54, 1.807) is 0 Å². The second-order valence-electron chi connectivity index (χ2n) is 3.82. The maximum Gasteiger partial charge on any atom is 0.0980 e. The minimum absolute atomic E-state index is 0.0563. The molecule has 3 N–H and O–H groups in total. The zero-order chi connectivity index (χ0) is 11.5. The van der Waals surface area contributed by atoms with Gasteiger partial charge in [-0.3, -0.25) is 0 Å². The molecule has 1 saturated heterocycles. The van der Waals surface area contributed by atoms with Crippen LogP contribution in [-0.2, 0) is 4.74 Å². The first-order valence-corrected chi connectivity index (χ1v) is 6.31. The van der Waals surface area contributed by atoms with E-state index in [1.165, 1.54) is 0 Å². The van der Waals surface area contributed by atoms with E-state index < -0.39 is 0 Å². The van der Waals surface area contributed by atoms with Crippen molar-refractivity contribution in [2.24, 2.45) is 0 Å². The summed E-state index contributed by atoms with van der Waals surface area (Å²) in [6, 6.07) is 6.02. The number of benzene rings is 1. The number of rotatable bonds is 2. The topological polar surface area (TPSA) is 58.7 Å². The molecule has 2 rings (SSSR count). The number of hydrogen-bond acceptors (Lipinski definition) is 4. The van der Waals surface area contributed by atoms with Crippen molar-refractivity contribution >= 4 is 34.0 Å². The molecule has 1 heterocycles. The van der Waals surface area contributed by atoms with Gasteiger partial charge in [0.05, 0.1) is 30.7 Å². The van der Waals surface area contributed by atoms with Crippen molar-refractivity contribution in [3.8, 4) is 0 Å². The maximum absolute atomic E-state index is 9.09. The third-order valence-corrected chi connectivity index (χ3v) is 3.34. The highest BCUT2D eigenvalue weighted by Gasteiger charge is 2.21. The molecule has 0 bridgehead atoms. The lowest BCUT2D eigenvalue weighted by Gasteiger charge is -2.34. The normalized spacial score (nSPS) is 21.1. The molecule has 4 nitrogen and oxygen atoms in total. The van der Waals surface area contributed by atoms with Crippen LogP contribution in [0.5, 0.6) is 0 Å². The predicted molar refractivity (Wildman–Crippen MR) is 72.6 cm³/mol. The largest absolute Gasteiger partial charge is 0.397 e. The summed E-state index contributed by atoms with van der Waals surface area (Å²) in [6.45, 7) is 2.21. The van der Waals surface area contributed by atoms with Gasteiger partial charge in [0.15, 0.2) is 0 Å². The zero-order valence-corrected chi connectivity index (χ0v) is 11.1. The van der Waals surface area contributed by atoms with E-state index in [0.717, 1.165) is 21.5 Å². The van der Waals surface area contributed by atoms with Gasteiger partial charge in [-0.15, -0.1) is 0 Å². The Balaban J connectivity index is 2.16. The summed E-state index contributed by atoms with van der Waals surface area (Å²) in [5.74, 6) is 0. The highest BCUT2D eigenvalue weighted by atomic mass is 127. The lowest BCUT2D eigenvalue weighted by atomic mass is 10.2. The molecule has 1 aliphatic heterocycles. The van der Waals surface area contributed by atoms with Gasteiger partial charge >= 0.3 is 0 Å². The van der Waals surface area contributed by atoms with Crippen molar-refractivity contribution in [1.29, 1.82) is 0 Å². The van der Waals surface area contributed by atoms with E-state index in [1.807, 2.05) is 18.2 Å². The van der Waals surface area contributed by atoms with Gasteiger partial charge in [-0.25, -0.2) is 0 Å². The first-order chi connectivity index (χ1) is 7.70. The highest BCUT2D eigenvalue weighted by molar-refractivity contribution is 14.1. The van der Waals surface area contributed by atoms with Crippen LogP contribution in [0.2, 0.25) is 0 Å². The second-order valence-corrected chi connectivity index (χ2v) is 5.07. The third kappa shape index (κ3) is 2.58. The lowest BCUT2D eigenvalue weighted by Crippen LogP contribution is -2.44. The Hall–Kier alpha value is -0.530. The van der Waals surface area contributed by atoms with Gasteiger partial charge in [-0.05, 0) is 40.8 Å². The summed E-state index contributed by atoms with van der Waals surface area (Å²) in [4.78, 5) is 2.16. The molecule has 5 heteroatoms. The maximum atomic E-state index is 9.09. The van der Waals surface area contributed by atoms with Crippen LogP contribution in [0, 0.1) is 3.57 Å². The summed E-state index contributed by atoms with van der Waals surface area (Å²) in [5.41, 5.74) is 7.80. The summed E-state index contributed by atoms with van der Waals surface area (Å²) in [6.07, 6.45) is -0.104. The minimum Gasteiger partial charge on any atom is -0.397 e. The van der Waals surface area contributed by atoms with Crippen LogP contribution < -0.4 is 10.6 Å². The van der Waals surface area contributed by atoms with Crippen molar-refractivity contribution in [2.75, 3.05) is 36.9 Å².